The monoisotopic (exact) mass is 1020 g/mol. The lowest BCUT2D eigenvalue weighted by Crippen LogP contribution is -2.46. The number of thiazole rings is 1. The number of carboxylic acids is 1. The number of aryl methyl sites for hydroxylation is 1. The Morgan fingerprint density at radius 1 is 0.904 bits per heavy atom. The number of benzene rings is 3. The Kier molecular flexibility index (Phi) is 14.3. The number of alkyl halides is 3. The first-order valence-corrected chi connectivity index (χ1v) is 26.0. The quantitative estimate of drug-likeness (QED) is 0.0698. The van der Waals surface area contributed by atoms with E-state index >= 15 is 0 Å². The molecule has 10 rings (SSSR count). The number of carbonyl (C=O) groups excluding carboxylic acids is 3. The maximum absolute atomic E-state index is 13.4. The van der Waals surface area contributed by atoms with E-state index in [4.69, 9.17) is 9.84 Å². The first kappa shape index (κ1) is 49.7. The summed E-state index contributed by atoms with van der Waals surface area (Å²) >= 11 is 0.356. The smallest absolute Gasteiger partial charge is 0.427 e. The number of carboxylic acid groups (broad SMARTS) is 1. The highest BCUT2D eigenvalue weighted by atomic mass is 32.1. The number of fused-ring (bicyclic) bond motifs is 2. The van der Waals surface area contributed by atoms with Crippen molar-refractivity contribution in [2.45, 2.75) is 95.9 Å². The number of ether oxygens (including phenoxy) is 1. The van der Waals surface area contributed by atoms with Crippen LogP contribution in [-0.4, -0.2) is 98.8 Å². The number of pyridine rings is 1. The van der Waals surface area contributed by atoms with Crippen LogP contribution in [0.2, 0.25) is 0 Å². The number of aromatic nitrogens is 4. The fourth-order valence-electron chi connectivity index (χ4n) is 11.1. The van der Waals surface area contributed by atoms with E-state index in [2.05, 4.69) is 48.6 Å². The number of piperazine rings is 1. The van der Waals surface area contributed by atoms with Gasteiger partial charge in [-0.3, -0.25) is 34.6 Å². The highest BCUT2D eigenvalue weighted by molar-refractivity contribution is 7.15. The number of piperidine rings is 1. The number of imide groups is 1. The number of carbonyl (C=O) groups is 4. The van der Waals surface area contributed by atoms with Crippen LogP contribution in [0, 0.1) is 12.8 Å². The molecule has 19 heteroatoms. The lowest BCUT2D eigenvalue weighted by molar-refractivity contribution is -0.135. The van der Waals surface area contributed by atoms with Crippen LogP contribution in [0.15, 0.2) is 72.9 Å². The van der Waals surface area contributed by atoms with Gasteiger partial charge in [0.2, 0.25) is 11.8 Å². The molecule has 3 amide bonds. The van der Waals surface area contributed by atoms with Crippen molar-refractivity contribution in [1.82, 2.24) is 30.0 Å². The van der Waals surface area contributed by atoms with Crippen molar-refractivity contribution in [2.75, 3.05) is 54.4 Å². The van der Waals surface area contributed by atoms with Crippen molar-refractivity contribution in [3.05, 3.63) is 111 Å². The second kappa shape index (κ2) is 20.9. The Balaban J connectivity index is 0.690. The Morgan fingerprint density at radius 2 is 1.70 bits per heavy atom. The molecule has 3 fully saturated rings. The van der Waals surface area contributed by atoms with Gasteiger partial charge in [-0.05, 0) is 129 Å². The summed E-state index contributed by atoms with van der Waals surface area (Å²) in [5.74, 6) is -0.852. The molecule has 0 spiro atoms. The number of rotatable bonds is 14. The lowest BCUT2D eigenvalue weighted by atomic mass is 9.84. The largest absolute Gasteiger partial charge is 0.490 e. The maximum atomic E-state index is 13.4. The Hall–Kier alpha value is -6.86. The molecule has 1 saturated carbocycles. The molecule has 3 aromatic carbocycles. The summed E-state index contributed by atoms with van der Waals surface area (Å²) < 4.78 is 48.0. The SMILES string of the molecule is Cc1c(OC2CCC(CCCCN3CCN(c4ccc5c(C6CCC(=O)NC6=O)nn(C)c5c4)CC3)CC2)cccc1-c1ccc(N2CCc3cccc(C(=O)Nc4ncc(C(F)(F)F)s4)c3C2)nc1C(=O)O. The molecule has 3 aliphatic heterocycles. The van der Waals surface area contributed by atoms with Crippen molar-refractivity contribution in [1.29, 1.82) is 0 Å². The highest BCUT2D eigenvalue weighted by Crippen LogP contribution is 2.39. The zero-order chi connectivity index (χ0) is 51.0. The summed E-state index contributed by atoms with van der Waals surface area (Å²) in [6.07, 6.45) is 5.24. The molecule has 2 saturated heterocycles. The molecule has 1 atom stereocenters. The Labute approximate surface area is 424 Å². The molecule has 3 aromatic heterocycles. The minimum absolute atomic E-state index is 0.0693. The third-order valence-corrected chi connectivity index (χ3v) is 16.1. The standard InChI is InChI=1S/C54H58F3N9O6S/c1-32-37(38-18-20-46(59-49(38)52(70)71)66-24-22-34-8-5-10-39(42(34)31-66)50(68)61-53-58-30-45(73-53)54(55,56)57)9-6-11-44(32)72-36-15-12-33(13-16-36)7-3-4-23-64-25-27-65(28-26-64)35-14-17-40-43(29-35)63(2)62-48(40)41-19-21-47(67)60-51(41)69/h5-6,8-11,14,17-18,20,29-30,33,36,41H,3-4,7,12-13,15-16,19,21-28,31H2,1-2H3,(H,70,71)(H,58,61,68)(H,60,67,69). The zero-order valence-electron chi connectivity index (χ0n) is 40.8. The normalized spacial score (nSPS) is 19.7. The number of nitrogens with zero attached hydrogens (tertiary/aromatic N) is 7. The summed E-state index contributed by atoms with van der Waals surface area (Å²) in [5, 5.41) is 20.9. The number of hydrogen-bond donors (Lipinski definition) is 3. The predicted octanol–water partition coefficient (Wildman–Crippen LogP) is 9.38. The van der Waals surface area contributed by atoms with E-state index in [1.165, 1.54) is 19.3 Å². The average molecular weight is 1020 g/mol. The summed E-state index contributed by atoms with van der Waals surface area (Å²) in [5.41, 5.74) is 6.68. The van der Waals surface area contributed by atoms with Crippen molar-refractivity contribution >= 4 is 62.6 Å². The summed E-state index contributed by atoms with van der Waals surface area (Å²) in [4.78, 5) is 64.9. The Morgan fingerprint density at radius 3 is 2.45 bits per heavy atom. The van der Waals surface area contributed by atoms with Gasteiger partial charge in [-0.2, -0.15) is 18.3 Å². The van der Waals surface area contributed by atoms with Gasteiger partial charge in [-0.1, -0.05) is 48.4 Å². The molecule has 4 aliphatic rings. The van der Waals surface area contributed by atoms with Gasteiger partial charge in [-0.25, -0.2) is 14.8 Å². The number of unbranched alkanes of at least 4 members (excludes halogenated alkanes) is 1. The molecule has 1 aliphatic carbocycles. The topological polar surface area (TPSA) is 175 Å². The molecular formula is C54H58F3N9O6S. The first-order valence-electron chi connectivity index (χ1n) is 25.2. The van der Waals surface area contributed by atoms with Crippen LogP contribution in [0.25, 0.3) is 22.0 Å². The molecule has 15 nitrogen and oxygen atoms in total. The molecule has 6 heterocycles. The first-order chi connectivity index (χ1) is 35.2. The van der Waals surface area contributed by atoms with Crippen LogP contribution in [0.4, 0.5) is 29.8 Å². The summed E-state index contributed by atoms with van der Waals surface area (Å²) in [7, 11) is 1.91. The number of aromatic carboxylic acids is 1. The van der Waals surface area contributed by atoms with Crippen molar-refractivity contribution < 1.29 is 42.2 Å². The number of amides is 3. The van der Waals surface area contributed by atoms with Gasteiger partial charge in [0.25, 0.3) is 5.91 Å². The Bertz CT molecular complexity index is 3070. The van der Waals surface area contributed by atoms with Crippen molar-refractivity contribution in [3.8, 4) is 16.9 Å². The van der Waals surface area contributed by atoms with E-state index in [0.717, 1.165) is 103 Å². The minimum atomic E-state index is -4.57. The van der Waals surface area contributed by atoms with Crippen molar-refractivity contribution in [3.63, 3.8) is 0 Å². The van der Waals surface area contributed by atoms with Crippen LogP contribution in [0.3, 0.4) is 0 Å². The molecule has 382 valence electrons. The average Bonchev–Trinajstić information content (AvgIpc) is 4.00. The van der Waals surface area contributed by atoms with E-state index in [0.29, 0.717) is 71.8 Å². The van der Waals surface area contributed by atoms with Gasteiger partial charge in [0.05, 0.1) is 29.4 Å². The van der Waals surface area contributed by atoms with E-state index in [1.807, 2.05) is 47.8 Å². The van der Waals surface area contributed by atoms with Gasteiger partial charge < -0.3 is 19.6 Å². The fourth-order valence-corrected chi connectivity index (χ4v) is 11.7. The minimum Gasteiger partial charge on any atom is -0.490 e. The molecule has 0 bridgehead atoms. The third kappa shape index (κ3) is 10.8. The van der Waals surface area contributed by atoms with Gasteiger partial charge >= 0.3 is 12.1 Å². The molecule has 73 heavy (non-hydrogen) atoms. The van der Waals surface area contributed by atoms with Gasteiger partial charge in [0, 0.05) is 74.9 Å². The second-order valence-corrected chi connectivity index (χ2v) is 20.7. The summed E-state index contributed by atoms with van der Waals surface area (Å²) in [6.45, 7) is 7.69. The molecule has 6 aromatic rings. The van der Waals surface area contributed by atoms with E-state index in [1.54, 1.807) is 24.3 Å². The van der Waals surface area contributed by atoms with E-state index in [9.17, 15) is 37.5 Å². The van der Waals surface area contributed by atoms with E-state index in [-0.39, 0.29) is 35.3 Å². The van der Waals surface area contributed by atoms with Gasteiger partial charge in [0.1, 0.15) is 16.4 Å². The van der Waals surface area contributed by atoms with Crippen LogP contribution in [0.5, 0.6) is 5.75 Å². The van der Waals surface area contributed by atoms with Crippen LogP contribution < -0.4 is 25.2 Å². The predicted molar refractivity (Wildman–Crippen MR) is 272 cm³/mol. The van der Waals surface area contributed by atoms with Crippen LogP contribution in [-0.2, 0) is 35.8 Å². The molecule has 0 radical (unpaired) electrons. The van der Waals surface area contributed by atoms with Crippen molar-refractivity contribution in [2.24, 2.45) is 13.0 Å². The zero-order valence-corrected chi connectivity index (χ0v) is 41.7. The molecule has 3 N–H and O–H groups in total. The maximum Gasteiger partial charge on any atom is 0.427 e. The molecule has 1 unspecified atom stereocenters. The highest BCUT2D eigenvalue weighted by Gasteiger charge is 2.35. The fraction of sp³-hybridized carbons (Fsp3) is 0.426. The van der Waals surface area contributed by atoms with Crippen LogP contribution in [0.1, 0.15) is 112 Å². The number of halogens is 3. The molecular weight excluding hydrogens is 960 g/mol. The van der Waals surface area contributed by atoms with Gasteiger partial charge in [-0.15, -0.1) is 0 Å². The number of hydrogen-bond acceptors (Lipinski definition) is 12. The second-order valence-electron chi connectivity index (χ2n) is 19.7. The van der Waals surface area contributed by atoms with Gasteiger partial charge in [0.15, 0.2) is 10.8 Å². The lowest BCUT2D eigenvalue weighted by Gasteiger charge is -2.36. The number of nitrogens with one attached hydrogen (secondary N) is 2. The summed E-state index contributed by atoms with van der Waals surface area (Å²) in [6, 6.07) is 20.9. The van der Waals surface area contributed by atoms with E-state index < -0.39 is 28.8 Å². The van der Waals surface area contributed by atoms with Crippen LogP contribution >= 0.6 is 11.3 Å². The number of anilines is 3. The third-order valence-electron chi connectivity index (χ3n) is 15.1.